The van der Waals surface area contributed by atoms with Crippen molar-refractivity contribution in [2.75, 3.05) is 0 Å². The Kier molecular flexibility index (Phi) is 6.40. The quantitative estimate of drug-likeness (QED) is 0.167. The second-order valence-electron chi connectivity index (χ2n) is 14.7. The lowest BCUT2D eigenvalue weighted by molar-refractivity contribution is 0.669. The van der Waals surface area contributed by atoms with Crippen molar-refractivity contribution in [3.8, 4) is 66.8 Å². The van der Waals surface area contributed by atoms with Gasteiger partial charge in [0.05, 0.1) is 0 Å². The molecule has 0 saturated carbocycles. The van der Waals surface area contributed by atoms with Crippen LogP contribution in [0.2, 0.25) is 0 Å². The molecule has 1 aromatic heterocycles. The largest absolute Gasteiger partial charge is 0.456 e. The van der Waals surface area contributed by atoms with Crippen LogP contribution < -0.4 is 0 Å². The van der Waals surface area contributed by atoms with E-state index in [9.17, 15) is 0 Å². The van der Waals surface area contributed by atoms with E-state index in [4.69, 9.17) is 4.42 Å². The van der Waals surface area contributed by atoms with Gasteiger partial charge >= 0.3 is 0 Å². The van der Waals surface area contributed by atoms with E-state index in [0.717, 1.165) is 27.5 Å². The molecule has 0 aliphatic heterocycles. The molecule has 0 N–H and O–H groups in total. The minimum Gasteiger partial charge on any atom is -0.456 e. The monoisotopic (exact) mass is 696 g/mol. The first kappa shape index (κ1) is 30.3. The Morgan fingerprint density at radius 1 is 0.236 bits per heavy atom. The fourth-order valence-electron chi connectivity index (χ4n) is 9.53. The molecule has 55 heavy (non-hydrogen) atoms. The Morgan fingerprint density at radius 2 is 0.727 bits per heavy atom. The van der Waals surface area contributed by atoms with Gasteiger partial charge in [-0.1, -0.05) is 176 Å². The number of rotatable bonds is 4. The van der Waals surface area contributed by atoms with E-state index in [1.807, 2.05) is 0 Å². The van der Waals surface area contributed by atoms with Crippen LogP contribution in [0.3, 0.4) is 0 Å². The van der Waals surface area contributed by atoms with Crippen LogP contribution in [-0.4, -0.2) is 0 Å². The molecule has 0 amide bonds. The molecule has 254 valence electrons. The molecule has 1 heteroatoms. The molecule has 12 rings (SSSR count). The van der Waals surface area contributed by atoms with E-state index in [0.29, 0.717) is 0 Å². The van der Waals surface area contributed by atoms with Gasteiger partial charge in [0.25, 0.3) is 0 Å². The summed E-state index contributed by atoms with van der Waals surface area (Å²) in [7, 11) is 0. The van der Waals surface area contributed by atoms with Crippen molar-refractivity contribution in [1.82, 2.24) is 0 Å². The van der Waals surface area contributed by atoms with E-state index < -0.39 is 0 Å². The first-order valence-corrected chi connectivity index (χ1v) is 19.0. The van der Waals surface area contributed by atoms with Gasteiger partial charge in [0.1, 0.15) is 11.2 Å². The fraction of sp³-hybridized carbons (Fsp3) is 0. The van der Waals surface area contributed by atoms with Crippen molar-refractivity contribution >= 4 is 54.3 Å². The zero-order valence-electron chi connectivity index (χ0n) is 29.9. The van der Waals surface area contributed by atoms with Crippen LogP contribution in [0.25, 0.3) is 121 Å². The van der Waals surface area contributed by atoms with Crippen molar-refractivity contribution < 1.29 is 4.42 Å². The van der Waals surface area contributed by atoms with Crippen molar-refractivity contribution in [2.45, 2.75) is 0 Å². The Labute approximate surface area is 318 Å². The average Bonchev–Trinajstić information content (AvgIpc) is 3.80. The summed E-state index contributed by atoms with van der Waals surface area (Å²) in [4.78, 5) is 0. The smallest absolute Gasteiger partial charge is 0.136 e. The van der Waals surface area contributed by atoms with E-state index >= 15 is 0 Å². The van der Waals surface area contributed by atoms with Gasteiger partial charge in [-0.15, -0.1) is 0 Å². The third-order valence-electron chi connectivity index (χ3n) is 11.8. The molecule has 0 saturated heterocycles. The summed E-state index contributed by atoms with van der Waals surface area (Å²) in [5, 5.41) is 9.83. The zero-order chi connectivity index (χ0) is 36.0. The van der Waals surface area contributed by atoms with Crippen LogP contribution in [0.4, 0.5) is 0 Å². The molecule has 0 fully saturated rings. The Bertz CT molecular complexity index is 3280. The van der Waals surface area contributed by atoms with Crippen molar-refractivity contribution in [3.63, 3.8) is 0 Å². The van der Waals surface area contributed by atoms with E-state index in [1.165, 1.54) is 93.5 Å². The molecular formula is C54H32O. The molecule has 10 aromatic carbocycles. The van der Waals surface area contributed by atoms with Crippen LogP contribution in [-0.2, 0) is 0 Å². The molecule has 0 spiro atoms. The van der Waals surface area contributed by atoms with Gasteiger partial charge in [-0.25, -0.2) is 0 Å². The van der Waals surface area contributed by atoms with Crippen molar-refractivity contribution in [2.24, 2.45) is 0 Å². The Morgan fingerprint density at radius 3 is 1.42 bits per heavy atom. The lowest BCUT2D eigenvalue weighted by Gasteiger charge is -2.20. The molecule has 11 aromatic rings. The third kappa shape index (κ3) is 4.35. The summed E-state index contributed by atoms with van der Waals surface area (Å²) in [5.74, 6) is 0. The summed E-state index contributed by atoms with van der Waals surface area (Å²) in [6.45, 7) is 0. The van der Waals surface area contributed by atoms with Gasteiger partial charge in [0, 0.05) is 10.8 Å². The SMILES string of the molecule is c1ccc(-c2ccc3c(c2)oc2cccc(-c4c5ccccc5c(-c5ccccc5-c5ccc6c7c(cccc57)-c5ccccc5-6)c5ccccc45)c23)cc1. The third-order valence-corrected chi connectivity index (χ3v) is 11.8. The van der Waals surface area contributed by atoms with E-state index in [2.05, 4.69) is 194 Å². The summed E-state index contributed by atoms with van der Waals surface area (Å²) in [6.07, 6.45) is 0. The maximum Gasteiger partial charge on any atom is 0.136 e. The van der Waals surface area contributed by atoms with Crippen molar-refractivity contribution in [3.05, 3.63) is 194 Å². The highest BCUT2D eigenvalue weighted by Gasteiger charge is 2.25. The highest BCUT2D eigenvalue weighted by Crippen LogP contribution is 2.52. The van der Waals surface area contributed by atoms with E-state index in [1.54, 1.807) is 0 Å². The van der Waals surface area contributed by atoms with Crippen LogP contribution >= 0.6 is 0 Å². The van der Waals surface area contributed by atoms with Gasteiger partial charge < -0.3 is 4.42 Å². The Hall–Kier alpha value is -7.22. The minimum absolute atomic E-state index is 0.898. The normalized spacial score (nSPS) is 12.0. The second kappa shape index (κ2) is 11.6. The molecule has 0 bridgehead atoms. The number of hydrogen-bond acceptors (Lipinski definition) is 1. The number of furan rings is 1. The number of hydrogen-bond donors (Lipinski definition) is 0. The van der Waals surface area contributed by atoms with Crippen molar-refractivity contribution in [1.29, 1.82) is 0 Å². The van der Waals surface area contributed by atoms with E-state index in [-0.39, 0.29) is 0 Å². The lowest BCUT2D eigenvalue weighted by atomic mass is 9.82. The predicted molar refractivity (Wildman–Crippen MR) is 232 cm³/mol. The summed E-state index contributed by atoms with van der Waals surface area (Å²) >= 11 is 0. The van der Waals surface area contributed by atoms with Gasteiger partial charge in [-0.3, -0.25) is 0 Å². The van der Waals surface area contributed by atoms with Gasteiger partial charge in [-0.2, -0.15) is 0 Å². The van der Waals surface area contributed by atoms with Crippen LogP contribution in [0, 0.1) is 0 Å². The van der Waals surface area contributed by atoms with Gasteiger partial charge in [-0.05, 0) is 117 Å². The topological polar surface area (TPSA) is 13.1 Å². The maximum absolute atomic E-state index is 6.64. The van der Waals surface area contributed by atoms with Gasteiger partial charge in [0.15, 0.2) is 0 Å². The lowest BCUT2D eigenvalue weighted by Crippen LogP contribution is -1.93. The molecular weight excluding hydrogens is 665 g/mol. The van der Waals surface area contributed by atoms with Crippen LogP contribution in [0.1, 0.15) is 0 Å². The highest BCUT2D eigenvalue weighted by molar-refractivity contribution is 6.27. The molecule has 1 aliphatic carbocycles. The summed E-state index contributed by atoms with van der Waals surface area (Å²) < 4.78 is 6.64. The summed E-state index contributed by atoms with van der Waals surface area (Å²) in [5.41, 5.74) is 16.8. The highest BCUT2D eigenvalue weighted by atomic mass is 16.3. The molecule has 1 heterocycles. The Balaban J connectivity index is 1.12. The number of fused-ring (bicyclic) bond motifs is 8. The number of benzene rings is 10. The first-order chi connectivity index (χ1) is 27.3. The molecule has 0 radical (unpaired) electrons. The first-order valence-electron chi connectivity index (χ1n) is 19.0. The van der Waals surface area contributed by atoms with Crippen LogP contribution in [0.5, 0.6) is 0 Å². The molecule has 1 nitrogen and oxygen atoms in total. The maximum atomic E-state index is 6.64. The predicted octanol–water partition coefficient (Wildman–Crippen LogP) is 15.4. The molecule has 0 unspecified atom stereocenters. The van der Waals surface area contributed by atoms with Crippen LogP contribution in [0.15, 0.2) is 199 Å². The zero-order valence-corrected chi connectivity index (χ0v) is 29.9. The fourth-order valence-corrected chi connectivity index (χ4v) is 9.53. The molecule has 0 atom stereocenters. The minimum atomic E-state index is 0.898. The second-order valence-corrected chi connectivity index (χ2v) is 14.7. The molecule has 1 aliphatic rings. The average molecular weight is 697 g/mol. The summed E-state index contributed by atoms with van der Waals surface area (Å²) in [6, 6.07) is 70.9. The van der Waals surface area contributed by atoms with Gasteiger partial charge in [0.2, 0.25) is 0 Å². The standard InChI is InChI=1S/C54H32O/c1-2-14-33(15-3-1)34-28-29-47-50(32-34)55-49-27-13-26-48(54(47)49)53-44-22-10-8-20-42(44)52(43-21-9-11-23-45(43)53)39-19-7-6-18-37(39)38-30-31-46-36-17-5-4-16-35(36)40-24-12-25-41(38)51(40)46/h1-32H.